The molecule has 0 aliphatic carbocycles. The molecule has 4 rings (SSSR count). The van der Waals surface area contributed by atoms with Crippen LogP contribution in [0.4, 0.5) is 5.13 Å². The zero-order chi connectivity index (χ0) is 17.9. The van der Waals surface area contributed by atoms with Gasteiger partial charge < -0.3 is 0 Å². The fourth-order valence-electron chi connectivity index (χ4n) is 3.27. The Balaban J connectivity index is 1.44. The van der Waals surface area contributed by atoms with E-state index >= 15 is 0 Å². The number of thiazole rings is 1. The van der Waals surface area contributed by atoms with Gasteiger partial charge in [0.15, 0.2) is 5.13 Å². The summed E-state index contributed by atoms with van der Waals surface area (Å²) in [5.74, 6) is -0.0876. The van der Waals surface area contributed by atoms with Crippen LogP contribution >= 0.6 is 11.3 Å². The number of aryl methyl sites for hydroxylation is 1. The van der Waals surface area contributed by atoms with Gasteiger partial charge in [0.1, 0.15) is 0 Å². The maximum atomic E-state index is 12.5. The number of nitrogens with zero attached hydrogens (tertiary/aromatic N) is 2. The Labute approximate surface area is 157 Å². The van der Waals surface area contributed by atoms with Crippen LogP contribution in [-0.2, 0) is 19.5 Å². The smallest absolute Gasteiger partial charge is 0.257 e. The van der Waals surface area contributed by atoms with Crippen LogP contribution in [0.2, 0.25) is 0 Å². The summed E-state index contributed by atoms with van der Waals surface area (Å²) in [5.41, 5.74) is 4.12. The average molecular weight is 363 g/mol. The van der Waals surface area contributed by atoms with Gasteiger partial charge in [0.25, 0.3) is 5.91 Å². The minimum atomic E-state index is -0.0876. The van der Waals surface area contributed by atoms with Crippen molar-refractivity contribution in [2.24, 2.45) is 0 Å². The van der Waals surface area contributed by atoms with E-state index in [1.165, 1.54) is 10.4 Å². The maximum absolute atomic E-state index is 12.5. The number of aromatic nitrogens is 1. The van der Waals surface area contributed by atoms with Crippen molar-refractivity contribution < 1.29 is 4.79 Å². The molecule has 3 aromatic rings. The van der Waals surface area contributed by atoms with Crippen molar-refractivity contribution in [3.8, 4) is 0 Å². The lowest BCUT2D eigenvalue weighted by molar-refractivity contribution is 0.102. The topological polar surface area (TPSA) is 45.2 Å². The minimum absolute atomic E-state index is 0.0876. The molecule has 0 unspecified atom stereocenters. The van der Waals surface area contributed by atoms with Crippen LogP contribution in [0.25, 0.3) is 0 Å². The largest absolute Gasteiger partial charge is 0.298 e. The fraction of sp³-hybridized carbons (Fsp3) is 0.238. The molecule has 26 heavy (non-hydrogen) atoms. The quantitative estimate of drug-likeness (QED) is 0.753. The highest BCUT2D eigenvalue weighted by molar-refractivity contribution is 7.15. The number of rotatable bonds is 4. The Morgan fingerprint density at radius 3 is 2.73 bits per heavy atom. The summed E-state index contributed by atoms with van der Waals surface area (Å²) in [7, 11) is 0. The fourth-order valence-corrected chi connectivity index (χ4v) is 4.32. The lowest BCUT2D eigenvalue weighted by Gasteiger charge is -2.25. The van der Waals surface area contributed by atoms with Gasteiger partial charge in [0.05, 0.1) is 5.69 Å². The number of hydrogen-bond donors (Lipinski definition) is 1. The second-order valence-electron chi connectivity index (χ2n) is 6.60. The molecule has 132 valence electrons. The lowest BCUT2D eigenvalue weighted by Crippen LogP contribution is -2.29. The predicted molar refractivity (Wildman–Crippen MR) is 106 cm³/mol. The molecule has 4 nitrogen and oxygen atoms in total. The van der Waals surface area contributed by atoms with Crippen molar-refractivity contribution in [2.45, 2.75) is 26.4 Å². The zero-order valence-corrected chi connectivity index (χ0v) is 15.6. The van der Waals surface area contributed by atoms with Gasteiger partial charge in [-0.05, 0) is 24.1 Å². The molecule has 1 aliphatic rings. The van der Waals surface area contributed by atoms with Crippen molar-refractivity contribution in [3.63, 3.8) is 0 Å². The second-order valence-corrected chi connectivity index (χ2v) is 7.69. The normalized spacial score (nSPS) is 14.0. The van der Waals surface area contributed by atoms with E-state index in [0.717, 1.165) is 37.3 Å². The molecule has 0 bridgehead atoms. The third-order valence-corrected chi connectivity index (χ3v) is 5.67. The number of anilines is 1. The summed E-state index contributed by atoms with van der Waals surface area (Å²) < 4.78 is 0. The van der Waals surface area contributed by atoms with Crippen LogP contribution in [0.1, 0.15) is 32.1 Å². The van der Waals surface area contributed by atoms with Gasteiger partial charge >= 0.3 is 0 Å². The van der Waals surface area contributed by atoms with E-state index in [4.69, 9.17) is 0 Å². The Morgan fingerprint density at radius 1 is 1.15 bits per heavy atom. The third kappa shape index (κ3) is 3.69. The first-order chi connectivity index (χ1) is 12.7. The first kappa shape index (κ1) is 16.9. The number of amides is 1. The molecular weight excluding hydrogens is 342 g/mol. The summed E-state index contributed by atoms with van der Waals surface area (Å²) in [6.07, 6.45) is 0.929. The van der Waals surface area contributed by atoms with E-state index < -0.39 is 0 Å². The number of benzene rings is 2. The minimum Gasteiger partial charge on any atom is -0.298 e. The molecule has 0 spiro atoms. The van der Waals surface area contributed by atoms with Gasteiger partial charge in [-0.25, -0.2) is 4.98 Å². The van der Waals surface area contributed by atoms with Gasteiger partial charge in [-0.15, -0.1) is 11.3 Å². The van der Waals surface area contributed by atoms with Crippen LogP contribution in [0, 0.1) is 6.92 Å². The molecule has 0 fully saturated rings. The van der Waals surface area contributed by atoms with E-state index in [0.29, 0.717) is 10.7 Å². The molecule has 1 N–H and O–H groups in total. The molecule has 1 aromatic heterocycles. The molecule has 0 atom stereocenters. The van der Waals surface area contributed by atoms with Crippen LogP contribution in [-0.4, -0.2) is 22.3 Å². The average Bonchev–Trinajstić information content (AvgIpc) is 3.04. The summed E-state index contributed by atoms with van der Waals surface area (Å²) in [5, 5.41) is 3.67. The van der Waals surface area contributed by atoms with E-state index in [2.05, 4.69) is 39.5 Å². The van der Waals surface area contributed by atoms with Gasteiger partial charge in [-0.3, -0.25) is 15.0 Å². The van der Waals surface area contributed by atoms with Gasteiger partial charge in [-0.1, -0.05) is 48.5 Å². The Kier molecular flexibility index (Phi) is 4.82. The van der Waals surface area contributed by atoms with Crippen LogP contribution in [0.5, 0.6) is 0 Å². The van der Waals surface area contributed by atoms with Gasteiger partial charge in [-0.2, -0.15) is 0 Å². The first-order valence-corrected chi connectivity index (χ1v) is 9.62. The van der Waals surface area contributed by atoms with E-state index in [9.17, 15) is 4.79 Å². The molecule has 1 aliphatic heterocycles. The predicted octanol–water partition coefficient (Wildman–Crippen LogP) is 4.26. The second kappa shape index (κ2) is 7.40. The summed E-state index contributed by atoms with van der Waals surface area (Å²) in [4.78, 5) is 20.8. The first-order valence-electron chi connectivity index (χ1n) is 8.81. The van der Waals surface area contributed by atoms with Crippen LogP contribution < -0.4 is 5.32 Å². The number of carbonyl (C=O) groups is 1. The zero-order valence-electron chi connectivity index (χ0n) is 14.7. The van der Waals surface area contributed by atoms with Crippen molar-refractivity contribution in [1.29, 1.82) is 0 Å². The van der Waals surface area contributed by atoms with Crippen LogP contribution in [0.3, 0.4) is 0 Å². The SMILES string of the molecule is Cc1ccccc1C(=O)Nc1nc2c(s1)CN(Cc1ccccc1)CC2. The highest BCUT2D eigenvalue weighted by Gasteiger charge is 2.21. The van der Waals surface area contributed by atoms with Gasteiger partial charge in [0.2, 0.25) is 0 Å². The van der Waals surface area contributed by atoms with E-state index in [1.807, 2.05) is 37.3 Å². The summed E-state index contributed by atoms with van der Waals surface area (Å²) >= 11 is 1.59. The Hall–Kier alpha value is -2.50. The highest BCUT2D eigenvalue weighted by Crippen LogP contribution is 2.29. The van der Waals surface area contributed by atoms with Crippen molar-refractivity contribution in [3.05, 3.63) is 81.9 Å². The molecule has 0 saturated heterocycles. The molecule has 2 heterocycles. The standard InChI is InChI=1S/C21H21N3OS/c1-15-7-5-6-10-17(15)20(25)23-21-22-18-11-12-24(14-19(18)26-21)13-16-8-3-2-4-9-16/h2-10H,11-14H2,1H3,(H,22,23,25). The number of hydrogen-bond acceptors (Lipinski definition) is 4. The van der Waals surface area contributed by atoms with Crippen molar-refractivity contribution in [1.82, 2.24) is 9.88 Å². The third-order valence-electron chi connectivity index (χ3n) is 4.67. The van der Waals surface area contributed by atoms with E-state index in [1.54, 1.807) is 11.3 Å². The number of nitrogens with one attached hydrogen (secondary N) is 1. The van der Waals surface area contributed by atoms with E-state index in [-0.39, 0.29) is 5.91 Å². The Bertz CT molecular complexity index is 920. The molecule has 0 saturated carbocycles. The number of carbonyl (C=O) groups excluding carboxylic acids is 1. The molecule has 2 aromatic carbocycles. The van der Waals surface area contributed by atoms with Gasteiger partial charge in [0, 0.05) is 36.5 Å². The molecule has 0 radical (unpaired) electrons. The monoisotopic (exact) mass is 363 g/mol. The summed E-state index contributed by atoms with van der Waals surface area (Å²) in [6, 6.07) is 18.2. The van der Waals surface area contributed by atoms with Crippen LogP contribution in [0.15, 0.2) is 54.6 Å². The number of fused-ring (bicyclic) bond motifs is 1. The molecular formula is C21H21N3OS. The van der Waals surface area contributed by atoms with Crippen molar-refractivity contribution in [2.75, 3.05) is 11.9 Å². The maximum Gasteiger partial charge on any atom is 0.257 e. The lowest BCUT2D eigenvalue weighted by atomic mass is 10.1. The Morgan fingerprint density at radius 2 is 1.92 bits per heavy atom. The molecule has 5 heteroatoms. The highest BCUT2D eigenvalue weighted by atomic mass is 32.1. The summed E-state index contributed by atoms with van der Waals surface area (Å²) in [6.45, 7) is 4.78. The molecule has 1 amide bonds. The van der Waals surface area contributed by atoms with Crippen molar-refractivity contribution >= 4 is 22.4 Å².